The lowest BCUT2D eigenvalue weighted by Gasteiger charge is -2.31. The number of nitrogens with zero attached hydrogens (tertiary/aromatic N) is 2. The summed E-state index contributed by atoms with van der Waals surface area (Å²) in [6, 6.07) is 72.9. The molecule has 332 valence electrons. The summed E-state index contributed by atoms with van der Waals surface area (Å²) in [5, 5.41) is 4.97. The van der Waals surface area contributed by atoms with Gasteiger partial charge < -0.3 is 9.80 Å². The molecule has 10 aromatic rings. The van der Waals surface area contributed by atoms with Crippen molar-refractivity contribution >= 4 is 55.7 Å². The molecule has 0 amide bonds. The highest BCUT2D eigenvalue weighted by Crippen LogP contribution is 2.52. The van der Waals surface area contributed by atoms with Gasteiger partial charge in [-0.05, 0) is 212 Å². The van der Waals surface area contributed by atoms with Crippen molar-refractivity contribution in [2.45, 2.75) is 67.2 Å². The SMILES string of the molecule is Cc1ccc(-c2ccccc2)cc1N(c1ccc2cc3c(cc2c1)-c1cc2cc(N(c4cc(-c5ccccc5)ccc4C)c4cc(C(C)C)ccc4C)ccc2cc1-3)c1cc(C(C)C)ccc1C. The summed E-state index contributed by atoms with van der Waals surface area (Å²) < 4.78 is 0. The first-order chi connectivity index (χ1) is 33.0. The van der Waals surface area contributed by atoms with Crippen LogP contribution in [0.1, 0.15) is 72.9 Å². The zero-order chi connectivity index (χ0) is 46.8. The molecular weight excluding hydrogens is 821 g/mol. The molecule has 0 heterocycles. The number of rotatable bonds is 10. The van der Waals surface area contributed by atoms with E-state index in [2.05, 4.69) is 259 Å². The Labute approximate surface area is 402 Å². The van der Waals surface area contributed by atoms with Crippen LogP contribution in [0, 0.1) is 27.7 Å². The fourth-order valence-electron chi connectivity index (χ4n) is 10.3. The molecule has 68 heavy (non-hydrogen) atoms. The fraction of sp³-hybridized carbons (Fsp3) is 0.152. The average Bonchev–Trinajstić information content (AvgIpc) is 3.35. The van der Waals surface area contributed by atoms with Gasteiger partial charge in [-0.1, -0.05) is 149 Å². The molecule has 0 spiro atoms. The summed E-state index contributed by atoms with van der Waals surface area (Å²) in [7, 11) is 0. The van der Waals surface area contributed by atoms with Crippen molar-refractivity contribution in [2.24, 2.45) is 0 Å². The Bertz CT molecular complexity index is 3320. The van der Waals surface area contributed by atoms with Crippen molar-refractivity contribution in [3.63, 3.8) is 0 Å². The first-order valence-electron chi connectivity index (χ1n) is 24.3. The van der Waals surface area contributed by atoms with Crippen LogP contribution < -0.4 is 9.80 Å². The van der Waals surface area contributed by atoms with Gasteiger partial charge in [0, 0.05) is 34.1 Å². The van der Waals surface area contributed by atoms with E-state index in [1.54, 1.807) is 0 Å². The maximum Gasteiger partial charge on any atom is 0.0497 e. The van der Waals surface area contributed by atoms with Gasteiger partial charge in [-0.25, -0.2) is 0 Å². The lowest BCUT2D eigenvalue weighted by Crippen LogP contribution is -2.13. The molecular formula is C66H58N2. The predicted octanol–water partition coefficient (Wildman–Crippen LogP) is 19.4. The zero-order valence-corrected chi connectivity index (χ0v) is 40.5. The number of aryl methyl sites for hydroxylation is 4. The summed E-state index contributed by atoms with van der Waals surface area (Å²) in [4.78, 5) is 4.98. The molecule has 0 saturated heterocycles. The summed E-state index contributed by atoms with van der Waals surface area (Å²) in [6.07, 6.45) is 0. The highest BCUT2D eigenvalue weighted by molar-refractivity contribution is 6.12. The van der Waals surface area contributed by atoms with E-state index in [0.29, 0.717) is 11.8 Å². The third kappa shape index (κ3) is 7.64. The topological polar surface area (TPSA) is 6.48 Å². The Kier molecular flexibility index (Phi) is 10.9. The van der Waals surface area contributed by atoms with Gasteiger partial charge in [-0.2, -0.15) is 0 Å². The quantitative estimate of drug-likeness (QED) is 0.135. The zero-order valence-electron chi connectivity index (χ0n) is 40.5. The van der Waals surface area contributed by atoms with Gasteiger partial charge in [-0.15, -0.1) is 0 Å². The van der Waals surface area contributed by atoms with Gasteiger partial charge in [-0.3, -0.25) is 0 Å². The number of fused-ring (bicyclic) bond motifs is 6. The Balaban J connectivity index is 1.03. The van der Waals surface area contributed by atoms with Crippen molar-refractivity contribution < 1.29 is 0 Å². The van der Waals surface area contributed by atoms with Crippen molar-refractivity contribution in [3.05, 3.63) is 228 Å². The van der Waals surface area contributed by atoms with E-state index in [0.717, 1.165) is 11.4 Å². The molecule has 0 unspecified atom stereocenters. The number of hydrogen-bond donors (Lipinski definition) is 0. The van der Waals surface area contributed by atoms with E-state index in [1.807, 2.05) is 0 Å². The van der Waals surface area contributed by atoms with Crippen LogP contribution in [0.5, 0.6) is 0 Å². The summed E-state index contributed by atoms with van der Waals surface area (Å²) >= 11 is 0. The van der Waals surface area contributed by atoms with Crippen LogP contribution in [0.15, 0.2) is 194 Å². The number of anilines is 6. The maximum atomic E-state index is 2.49. The highest BCUT2D eigenvalue weighted by Gasteiger charge is 2.26. The number of benzene rings is 10. The van der Waals surface area contributed by atoms with E-state index in [-0.39, 0.29) is 0 Å². The molecule has 2 nitrogen and oxygen atoms in total. The molecule has 0 bridgehead atoms. The average molecular weight is 879 g/mol. The molecule has 0 N–H and O–H groups in total. The Morgan fingerprint density at radius 1 is 0.279 bits per heavy atom. The first kappa shape index (κ1) is 42.9. The van der Waals surface area contributed by atoms with Gasteiger partial charge in [0.1, 0.15) is 0 Å². The Morgan fingerprint density at radius 3 is 0.985 bits per heavy atom. The fourth-order valence-corrected chi connectivity index (χ4v) is 10.3. The molecule has 0 atom stereocenters. The van der Waals surface area contributed by atoms with Crippen LogP contribution >= 0.6 is 0 Å². The smallest absolute Gasteiger partial charge is 0.0497 e. The van der Waals surface area contributed by atoms with Crippen LogP contribution in [0.3, 0.4) is 0 Å². The van der Waals surface area contributed by atoms with E-state index in [1.165, 1.54) is 122 Å². The Hall–Kier alpha value is -7.68. The minimum Gasteiger partial charge on any atom is -0.310 e. The second-order valence-corrected chi connectivity index (χ2v) is 19.7. The molecule has 0 radical (unpaired) electrons. The lowest BCUT2D eigenvalue weighted by atomic mass is 9.78. The first-order valence-corrected chi connectivity index (χ1v) is 24.3. The monoisotopic (exact) mass is 878 g/mol. The van der Waals surface area contributed by atoms with Gasteiger partial charge >= 0.3 is 0 Å². The Morgan fingerprint density at radius 2 is 0.618 bits per heavy atom. The molecule has 1 aliphatic carbocycles. The number of hydrogen-bond acceptors (Lipinski definition) is 2. The minimum atomic E-state index is 0.411. The summed E-state index contributed by atoms with van der Waals surface area (Å²) in [6.45, 7) is 18.1. The van der Waals surface area contributed by atoms with Gasteiger partial charge in [0.15, 0.2) is 0 Å². The van der Waals surface area contributed by atoms with E-state index >= 15 is 0 Å². The summed E-state index contributed by atoms with van der Waals surface area (Å²) in [5.74, 6) is 0.822. The van der Waals surface area contributed by atoms with Crippen molar-refractivity contribution in [2.75, 3.05) is 9.80 Å². The minimum absolute atomic E-state index is 0.411. The van der Waals surface area contributed by atoms with Crippen molar-refractivity contribution in [1.82, 2.24) is 0 Å². The van der Waals surface area contributed by atoms with E-state index in [9.17, 15) is 0 Å². The van der Waals surface area contributed by atoms with Crippen molar-refractivity contribution in [3.8, 4) is 44.5 Å². The third-order valence-corrected chi connectivity index (χ3v) is 14.4. The van der Waals surface area contributed by atoms with Gasteiger partial charge in [0.05, 0.1) is 0 Å². The molecule has 0 saturated carbocycles. The maximum absolute atomic E-state index is 2.49. The molecule has 0 fully saturated rings. The molecule has 11 rings (SSSR count). The highest BCUT2D eigenvalue weighted by atomic mass is 15.2. The second kappa shape index (κ2) is 17.2. The van der Waals surface area contributed by atoms with E-state index in [4.69, 9.17) is 0 Å². The second-order valence-electron chi connectivity index (χ2n) is 19.7. The van der Waals surface area contributed by atoms with Crippen LogP contribution in [0.2, 0.25) is 0 Å². The molecule has 1 aliphatic rings. The van der Waals surface area contributed by atoms with Crippen LogP contribution in [0.4, 0.5) is 34.1 Å². The van der Waals surface area contributed by atoms with E-state index < -0.39 is 0 Å². The lowest BCUT2D eigenvalue weighted by molar-refractivity contribution is 0.865. The molecule has 0 aliphatic heterocycles. The summed E-state index contributed by atoms with van der Waals surface area (Å²) in [5.41, 5.74) is 24.9. The van der Waals surface area contributed by atoms with Crippen molar-refractivity contribution in [1.29, 1.82) is 0 Å². The van der Waals surface area contributed by atoms with Crippen LogP contribution in [0.25, 0.3) is 66.1 Å². The predicted molar refractivity (Wildman–Crippen MR) is 293 cm³/mol. The molecule has 2 heteroatoms. The van der Waals surface area contributed by atoms with Crippen LogP contribution in [-0.4, -0.2) is 0 Å². The molecule has 0 aromatic heterocycles. The largest absolute Gasteiger partial charge is 0.310 e. The third-order valence-electron chi connectivity index (χ3n) is 14.4. The normalized spacial score (nSPS) is 11.8. The van der Waals surface area contributed by atoms with Gasteiger partial charge in [0.2, 0.25) is 0 Å². The van der Waals surface area contributed by atoms with Crippen LogP contribution in [-0.2, 0) is 0 Å². The molecule has 10 aromatic carbocycles. The van der Waals surface area contributed by atoms with Gasteiger partial charge in [0.25, 0.3) is 0 Å². The standard InChI is InChI=1S/C66H58N2/c1-41(2)49-23-19-43(5)63(37-49)67(65-39-53(25-21-45(65)7)47-15-11-9-12-16-47)57-29-27-51-33-59-60-34-52-28-30-58(32-56(52)36-62(60)61(59)35-55(51)31-57)68(64-38-50(42(3)4)24-20-44(64)6)66-40-54(26-22-46(66)8)48-17-13-10-14-18-48/h9-42H,1-8H3.